The maximum absolute atomic E-state index is 13.0. The summed E-state index contributed by atoms with van der Waals surface area (Å²) in [6.45, 7) is 9.33. The Hall–Kier alpha value is -2.21. The Bertz CT molecular complexity index is 751. The van der Waals surface area contributed by atoms with Crippen LogP contribution in [-0.2, 0) is 34.6 Å². The fourth-order valence-corrected chi connectivity index (χ4v) is 3.17. The lowest BCUT2D eigenvalue weighted by Crippen LogP contribution is -2.53. The molecule has 0 bridgehead atoms. The molecule has 25 heavy (non-hydrogen) atoms. The van der Waals surface area contributed by atoms with Crippen LogP contribution in [0, 0.1) is 0 Å². The van der Waals surface area contributed by atoms with E-state index in [1.54, 1.807) is 0 Å². The number of amides is 1. The third-order valence-corrected chi connectivity index (χ3v) is 4.75. The van der Waals surface area contributed by atoms with E-state index < -0.39 is 5.54 Å². The molecule has 1 N–H and O–H groups in total. The lowest BCUT2D eigenvalue weighted by Gasteiger charge is -2.35. The van der Waals surface area contributed by atoms with Crippen molar-refractivity contribution in [3.63, 3.8) is 0 Å². The van der Waals surface area contributed by atoms with Gasteiger partial charge in [-0.15, -0.1) is 10.2 Å². The predicted molar refractivity (Wildman–Crippen MR) is 95.1 cm³/mol. The molecule has 1 aromatic carbocycles. The van der Waals surface area contributed by atoms with Crippen LogP contribution in [0.2, 0.25) is 0 Å². The standard InChI is InChI=1S/C19H26N4O2/c1-5-14-6-8-15(9-7-14)10-20-18(24)19(4)12-25-11-16-21-22-17(13(2)3)23(16)19/h6-9,13H,5,10-12H2,1-4H3,(H,20,24). The summed E-state index contributed by atoms with van der Waals surface area (Å²) in [4.78, 5) is 13.0. The van der Waals surface area contributed by atoms with Gasteiger partial charge in [0.15, 0.2) is 5.82 Å². The van der Waals surface area contributed by atoms with E-state index in [-0.39, 0.29) is 11.8 Å². The van der Waals surface area contributed by atoms with E-state index in [1.165, 1.54) is 5.56 Å². The van der Waals surface area contributed by atoms with Crippen molar-refractivity contribution in [2.24, 2.45) is 0 Å². The molecule has 1 aliphatic rings. The zero-order chi connectivity index (χ0) is 18.0. The Labute approximate surface area is 148 Å². The molecule has 6 heteroatoms. The summed E-state index contributed by atoms with van der Waals surface area (Å²) in [7, 11) is 0. The zero-order valence-corrected chi connectivity index (χ0v) is 15.4. The Morgan fingerprint density at radius 2 is 1.96 bits per heavy atom. The molecule has 0 fully saturated rings. The third-order valence-electron chi connectivity index (χ3n) is 4.75. The molecule has 0 saturated carbocycles. The second-order valence-corrected chi connectivity index (χ2v) is 7.08. The second kappa shape index (κ2) is 6.96. The van der Waals surface area contributed by atoms with Gasteiger partial charge in [-0.2, -0.15) is 0 Å². The highest BCUT2D eigenvalue weighted by molar-refractivity contribution is 5.84. The van der Waals surface area contributed by atoms with E-state index >= 15 is 0 Å². The molecule has 1 amide bonds. The topological polar surface area (TPSA) is 69.0 Å². The van der Waals surface area contributed by atoms with E-state index in [4.69, 9.17) is 4.74 Å². The van der Waals surface area contributed by atoms with Crippen molar-refractivity contribution in [1.29, 1.82) is 0 Å². The summed E-state index contributed by atoms with van der Waals surface area (Å²) >= 11 is 0. The van der Waals surface area contributed by atoms with Crippen LogP contribution < -0.4 is 5.32 Å². The minimum absolute atomic E-state index is 0.0743. The highest BCUT2D eigenvalue weighted by Gasteiger charge is 2.42. The number of nitrogens with zero attached hydrogens (tertiary/aromatic N) is 3. The van der Waals surface area contributed by atoms with Crippen LogP contribution >= 0.6 is 0 Å². The van der Waals surface area contributed by atoms with Gasteiger partial charge in [0.25, 0.3) is 0 Å². The number of fused-ring (bicyclic) bond motifs is 1. The van der Waals surface area contributed by atoms with Gasteiger partial charge in [0.05, 0.1) is 6.61 Å². The molecular weight excluding hydrogens is 316 g/mol. The lowest BCUT2D eigenvalue weighted by atomic mass is 9.98. The first-order chi connectivity index (χ1) is 12.0. The minimum atomic E-state index is -0.833. The van der Waals surface area contributed by atoms with Crippen molar-refractivity contribution in [3.8, 4) is 0 Å². The first kappa shape index (κ1) is 17.6. The summed E-state index contributed by atoms with van der Waals surface area (Å²) in [6, 6.07) is 8.31. The van der Waals surface area contributed by atoms with Crippen LogP contribution in [0.15, 0.2) is 24.3 Å². The Kier molecular flexibility index (Phi) is 4.90. The van der Waals surface area contributed by atoms with Gasteiger partial charge in [0, 0.05) is 12.5 Å². The molecule has 0 saturated heterocycles. The minimum Gasteiger partial charge on any atom is -0.370 e. The number of ether oxygens (including phenoxy) is 1. The lowest BCUT2D eigenvalue weighted by molar-refractivity contribution is -0.135. The molecule has 6 nitrogen and oxygen atoms in total. The number of hydrogen-bond acceptors (Lipinski definition) is 4. The summed E-state index contributed by atoms with van der Waals surface area (Å²) in [5.41, 5.74) is 1.54. The normalized spacial score (nSPS) is 19.7. The van der Waals surface area contributed by atoms with Crippen LogP contribution in [0.1, 0.15) is 56.4 Å². The quantitative estimate of drug-likeness (QED) is 0.906. The number of carbonyl (C=O) groups is 1. The number of aryl methyl sites for hydroxylation is 1. The van der Waals surface area contributed by atoms with E-state index in [0.29, 0.717) is 25.6 Å². The molecule has 1 aliphatic heterocycles. The molecule has 2 heterocycles. The van der Waals surface area contributed by atoms with Crippen LogP contribution in [0.25, 0.3) is 0 Å². The zero-order valence-electron chi connectivity index (χ0n) is 15.4. The summed E-state index contributed by atoms with van der Waals surface area (Å²) in [5, 5.41) is 11.5. The highest BCUT2D eigenvalue weighted by Crippen LogP contribution is 2.29. The number of nitrogens with one attached hydrogen (secondary N) is 1. The second-order valence-electron chi connectivity index (χ2n) is 7.08. The highest BCUT2D eigenvalue weighted by atomic mass is 16.5. The van der Waals surface area contributed by atoms with Crippen LogP contribution in [0.4, 0.5) is 0 Å². The van der Waals surface area contributed by atoms with Crippen molar-refractivity contribution >= 4 is 5.91 Å². The van der Waals surface area contributed by atoms with Gasteiger partial charge in [-0.1, -0.05) is 45.0 Å². The number of carbonyl (C=O) groups excluding carboxylic acids is 1. The summed E-state index contributed by atoms with van der Waals surface area (Å²) in [5.74, 6) is 1.64. The first-order valence-corrected chi connectivity index (χ1v) is 8.84. The molecule has 3 rings (SSSR count). The van der Waals surface area contributed by atoms with Gasteiger partial charge in [0.1, 0.15) is 18.0 Å². The van der Waals surface area contributed by atoms with Gasteiger partial charge in [-0.25, -0.2) is 0 Å². The molecule has 0 aliphatic carbocycles. The van der Waals surface area contributed by atoms with Gasteiger partial charge in [-0.3, -0.25) is 9.36 Å². The maximum atomic E-state index is 13.0. The largest absolute Gasteiger partial charge is 0.370 e. The van der Waals surface area contributed by atoms with Crippen molar-refractivity contribution in [1.82, 2.24) is 20.1 Å². The molecule has 2 aromatic rings. The van der Waals surface area contributed by atoms with Gasteiger partial charge in [0.2, 0.25) is 5.91 Å². The molecule has 0 radical (unpaired) electrons. The van der Waals surface area contributed by atoms with Crippen molar-refractivity contribution in [2.45, 2.75) is 58.7 Å². The Morgan fingerprint density at radius 3 is 2.60 bits per heavy atom. The van der Waals surface area contributed by atoms with E-state index in [1.807, 2.05) is 11.5 Å². The number of aromatic nitrogens is 3. The monoisotopic (exact) mass is 342 g/mol. The number of benzene rings is 1. The molecule has 1 aromatic heterocycles. The fraction of sp³-hybridized carbons (Fsp3) is 0.526. The predicted octanol–water partition coefficient (Wildman–Crippen LogP) is 2.53. The van der Waals surface area contributed by atoms with Crippen molar-refractivity contribution in [3.05, 3.63) is 47.0 Å². The van der Waals surface area contributed by atoms with Crippen LogP contribution in [-0.4, -0.2) is 27.3 Å². The average molecular weight is 342 g/mol. The van der Waals surface area contributed by atoms with Crippen LogP contribution in [0.3, 0.4) is 0 Å². The van der Waals surface area contributed by atoms with Gasteiger partial charge >= 0.3 is 0 Å². The maximum Gasteiger partial charge on any atom is 0.248 e. The number of rotatable bonds is 5. The van der Waals surface area contributed by atoms with Gasteiger partial charge < -0.3 is 10.1 Å². The molecule has 134 valence electrons. The van der Waals surface area contributed by atoms with E-state index in [0.717, 1.165) is 17.8 Å². The van der Waals surface area contributed by atoms with E-state index in [9.17, 15) is 4.79 Å². The first-order valence-electron chi connectivity index (χ1n) is 8.84. The van der Waals surface area contributed by atoms with Crippen molar-refractivity contribution < 1.29 is 9.53 Å². The molecule has 1 atom stereocenters. The number of hydrogen-bond donors (Lipinski definition) is 1. The van der Waals surface area contributed by atoms with Crippen molar-refractivity contribution in [2.75, 3.05) is 6.61 Å². The Morgan fingerprint density at radius 1 is 1.28 bits per heavy atom. The van der Waals surface area contributed by atoms with Gasteiger partial charge in [-0.05, 0) is 24.5 Å². The fourth-order valence-electron chi connectivity index (χ4n) is 3.17. The molecule has 1 unspecified atom stereocenters. The Balaban J connectivity index is 1.79. The van der Waals surface area contributed by atoms with E-state index in [2.05, 4.69) is 60.6 Å². The SMILES string of the molecule is CCc1ccc(CNC(=O)C2(C)COCc3nnc(C(C)C)n32)cc1. The molecular formula is C19H26N4O2. The molecule has 0 spiro atoms. The summed E-state index contributed by atoms with van der Waals surface area (Å²) < 4.78 is 7.58. The summed E-state index contributed by atoms with van der Waals surface area (Å²) in [6.07, 6.45) is 1.01. The third kappa shape index (κ3) is 3.31. The average Bonchev–Trinajstić information content (AvgIpc) is 3.06. The smallest absolute Gasteiger partial charge is 0.248 e. The van der Waals surface area contributed by atoms with Crippen LogP contribution in [0.5, 0.6) is 0 Å².